The first-order valence-electron chi connectivity index (χ1n) is 9.65. The third kappa shape index (κ3) is 6.36. The van der Waals surface area contributed by atoms with Crippen molar-refractivity contribution < 1.29 is 9.59 Å². The summed E-state index contributed by atoms with van der Waals surface area (Å²) in [5, 5.41) is 3.59. The van der Waals surface area contributed by atoms with E-state index in [9.17, 15) is 9.59 Å². The van der Waals surface area contributed by atoms with Gasteiger partial charge in [-0.3, -0.25) is 14.5 Å². The van der Waals surface area contributed by atoms with Gasteiger partial charge in [0, 0.05) is 50.7 Å². The Morgan fingerprint density at radius 3 is 2.36 bits per heavy atom. The average Bonchev–Trinajstić information content (AvgIpc) is 2.69. The molecular formula is C22H26ClN3O2. The first-order valence-corrected chi connectivity index (χ1v) is 10.0. The molecule has 5 nitrogen and oxygen atoms in total. The molecule has 2 aromatic carbocycles. The van der Waals surface area contributed by atoms with Crippen LogP contribution in [0.2, 0.25) is 5.02 Å². The zero-order chi connectivity index (χ0) is 19.8. The van der Waals surface area contributed by atoms with E-state index in [2.05, 4.69) is 16.3 Å². The van der Waals surface area contributed by atoms with Gasteiger partial charge in [-0.05, 0) is 23.3 Å². The van der Waals surface area contributed by atoms with Gasteiger partial charge in [0.2, 0.25) is 11.8 Å². The predicted octanol–water partition coefficient (Wildman–Crippen LogP) is 2.73. The van der Waals surface area contributed by atoms with E-state index < -0.39 is 0 Å². The van der Waals surface area contributed by atoms with Gasteiger partial charge in [-0.25, -0.2) is 0 Å². The maximum atomic E-state index is 12.4. The molecule has 3 rings (SSSR count). The maximum absolute atomic E-state index is 12.4. The number of rotatable bonds is 7. The highest BCUT2D eigenvalue weighted by molar-refractivity contribution is 6.30. The average molecular weight is 400 g/mol. The van der Waals surface area contributed by atoms with Crippen molar-refractivity contribution in [2.24, 2.45) is 0 Å². The van der Waals surface area contributed by atoms with Crippen LogP contribution >= 0.6 is 11.6 Å². The van der Waals surface area contributed by atoms with E-state index in [0.717, 1.165) is 43.3 Å². The monoisotopic (exact) mass is 399 g/mol. The molecule has 1 aliphatic rings. The minimum absolute atomic E-state index is 0.0506. The Kier molecular flexibility index (Phi) is 7.46. The molecule has 2 amide bonds. The third-order valence-corrected chi connectivity index (χ3v) is 5.12. The summed E-state index contributed by atoms with van der Waals surface area (Å²) in [6, 6.07) is 17.5. The van der Waals surface area contributed by atoms with Gasteiger partial charge in [-0.2, -0.15) is 0 Å². The second-order valence-electron chi connectivity index (χ2n) is 7.05. The van der Waals surface area contributed by atoms with Crippen molar-refractivity contribution in [3.8, 4) is 0 Å². The van der Waals surface area contributed by atoms with Crippen LogP contribution in [0.25, 0.3) is 0 Å². The standard InChI is InChI=1S/C22H26ClN3O2/c23-20-8-4-7-19(15-20)17-25-11-13-26(14-12-25)22(28)9-10-24-21(27)16-18-5-2-1-3-6-18/h1-8,15H,9-14,16-17H2,(H,24,27). The fourth-order valence-electron chi connectivity index (χ4n) is 3.36. The van der Waals surface area contributed by atoms with E-state index in [0.29, 0.717) is 19.4 Å². The molecule has 0 unspecified atom stereocenters. The molecule has 0 bridgehead atoms. The van der Waals surface area contributed by atoms with Gasteiger partial charge in [0.15, 0.2) is 0 Å². The number of nitrogens with one attached hydrogen (secondary N) is 1. The van der Waals surface area contributed by atoms with Crippen molar-refractivity contribution in [2.45, 2.75) is 19.4 Å². The molecular weight excluding hydrogens is 374 g/mol. The summed E-state index contributed by atoms with van der Waals surface area (Å²) in [4.78, 5) is 28.6. The van der Waals surface area contributed by atoms with E-state index in [1.165, 1.54) is 5.56 Å². The lowest BCUT2D eigenvalue weighted by atomic mass is 10.1. The molecule has 1 fully saturated rings. The SMILES string of the molecule is O=C(Cc1ccccc1)NCCC(=O)N1CCN(Cc2cccc(Cl)c2)CC1. The molecule has 6 heteroatoms. The largest absolute Gasteiger partial charge is 0.355 e. The number of carbonyl (C=O) groups is 2. The van der Waals surface area contributed by atoms with Crippen LogP contribution in [0, 0.1) is 0 Å². The molecule has 28 heavy (non-hydrogen) atoms. The second kappa shape index (κ2) is 10.2. The Labute approximate surface area is 171 Å². The summed E-state index contributed by atoms with van der Waals surface area (Å²) in [5.41, 5.74) is 2.16. The van der Waals surface area contributed by atoms with Gasteiger partial charge in [-0.15, -0.1) is 0 Å². The van der Waals surface area contributed by atoms with Gasteiger partial charge in [0.1, 0.15) is 0 Å². The number of hydrogen-bond donors (Lipinski definition) is 1. The second-order valence-corrected chi connectivity index (χ2v) is 7.49. The van der Waals surface area contributed by atoms with Crippen LogP contribution in [-0.2, 0) is 22.6 Å². The summed E-state index contributed by atoms with van der Waals surface area (Å²) in [5.74, 6) is 0.0488. The van der Waals surface area contributed by atoms with E-state index in [-0.39, 0.29) is 11.8 Å². The van der Waals surface area contributed by atoms with E-state index in [1.807, 2.05) is 53.4 Å². The lowest BCUT2D eigenvalue weighted by Crippen LogP contribution is -2.48. The quantitative estimate of drug-likeness (QED) is 0.778. The first-order chi connectivity index (χ1) is 13.6. The zero-order valence-corrected chi connectivity index (χ0v) is 16.7. The van der Waals surface area contributed by atoms with Gasteiger partial charge in [0.25, 0.3) is 0 Å². The highest BCUT2D eigenvalue weighted by Gasteiger charge is 2.21. The Bertz CT molecular complexity index is 789. The zero-order valence-electron chi connectivity index (χ0n) is 15.9. The molecule has 0 aromatic heterocycles. The summed E-state index contributed by atoms with van der Waals surface area (Å²) < 4.78 is 0. The molecule has 1 heterocycles. The van der Waals surface area contributed by atoms with Gasteiger partial charge < -0.3 is 10.2 Å². The molecule has 0 atom stereocenters. The molecule has 0 saturated carbocycles. The summed E-state index contributed by atoms with van der Waals surface area (Å²) in [6.45, 7) is 4.36. The van der Waals surface area contributed by atoms with Crippen molar-refractivity contribution in [1.82, 2.24) is 15.1 Å². The Morgan fingerprint density at radius 2 is 1.64 bits per heavy atom. The van der Waals surface area contributed by atoms with Crippen molar-refractivity contribution in [3.63, 3.8) is 0 Å². The molecule has 1 saturated heterocycles. The molecule has 1 N–H and O–H groups in total. The van der Waals surface area contributed by atoms with E-state index in [4.69, 9.17) is 11.6 Å². The van der Waals surface area contributed by atoms with Gasteiger partial charge in [-0.1, -0.05) is 54.1 Å². The molecule has 0 radical (unpaired) electrons. The fraction of sp³-hybridized carbons (Fsp3) is 0.364. The van der Waals surface area contributed by atoms with Crippen molar-refractivity contribution in [3.05, 3.63) is 70.7 Å². The number of piperazine rings is 1. The minimum atomic E-state index is -0.0506. The van der Waals surface area contributed by atoms with Crippen LogP contribution in [-0.4, -0.2) is 54.3 Å². The number of nitrogens with zero attached hydrogens (tertiary/aromatic N) is 2. The van der Waals surface area contributed by atoms with Gasteiger partial charge >= 0.3 is 0 Å². The van der Waals surface area contributed by atoms with Crippen LogP contribution in [0.15, 0.2) is 54.6 Å². The van der Waals surface area contributed by atoms with Crippen molar-refractivity contribution in [2.75, 3.05) is 32.7 Å². The summed E-state index contributed by atoms with van der Waals surface area (Å²) >= 11 is 6.04. The molecule has 0 aliphatic carbocycles. The number of benzene rings is 2. The Morgan fingerprint density at radius 1 is 0.929 bits per heavy atom. The fourth-order valence-corrected chi connectivity index (χ4v) is 3.57. The smallest absolute Gasteiger partial charge is 0.224 e. The van der Waals surface area contributed by atoms with Crippen LogP contribution in [0.5, 0.6) is 0 Å². The number of halogens is 1. The topological polar surface area (TPSA) is 52.7 Å². The first kappa shape index (κ1) is 20.4. The lowest BCUT2D eigenvalue weighted by Gasteiger charge is -2.34. The Hall–Kier alpha value is -2.37. The normalized spacial score (nSPS) is 14.7. The molecule has 0 spiro atoms. The number of amides is 2. The van der Waals surface area contributed by atoms with Crippen LogP contribution in [0.3, 0.4) is 0 Å². The number of carbonyl (C=O) groups excluding carboxylic acids is 2. The van der Waals surface area contributed by atoms with Crippen LogP contribution in [0.1, 0.15) is 17.5 Å². The third-order valence-electron chi connectivity index (χ3n) is 4.89. The van der Waals surface area contributed by atoms with Gasteiger partial charge in [0.05, 0.1) is 6.42 Å². The molecule has 148 valence electrons. The predicted molar refractivity (Wildman–Crippen MR) is 111 cm³/mol. The highest BCUT2D eigenvalue weighted by atomic mass is 35.5. The Balaban J connectivity index is 1.34. The van der Waals surface area contributed by atoms with Crippen molar-refractivity contribution in [1.29, 1.82) is 0 Å². The maximum Gasteiger partial charge on any atom is 0.224 e. The van der Waals surface area contributed by atoms with Crippen molar-refractivity contribution >= 4 is 23.4 Å². The lowest BCUT2D eigenvalue weighted by molar-refractivity contribution is -0.133. The molecule has 1 aliphatic heterocycles. The summed E-state index contributed by atoms with van der Waals surface area (Å²) in [7, 11) is 0. The van der Waals surface area contributed by atoms with Crippen LogP contribution in [0.4, 0.5) is 0 Å². The van der Waals surface area contributed by atoms with E-state index >= 15 is 0 Å². The summed E-state index contributed by atoms with van der Waals surface area (Å²) in [6.07, 6.45) is 0.687. The molecule has 2 aromatic rings. The minimum Gasteiger partial charge on any atom is -0.355 e. The van der Waals surface area contributed by atoms with E-state index in [1.54, 1.807) is 0 Å². The highest BCUT2D eigenvalue weighted by Crippen LogP contribution is 2.14. The number of hydrogen-bond acceptors (Lipinski definition) is 3. The van der Waals surface area contributed by atoms with Crippen LogP contribution < -0.4 is 5.32 Å².